The number of benzene rings is 2. The summed E-state index contributed by atoms with van der Waals surface area (Å²) in [6, 6.07) is 11.1. The summed E-state index contributed by atoms with van der Waals surface area (Å²) in [5, 5.41) is 3.61. The minimum absolute atomic E-state index is 0.246. The Bertz CT molecular complexity index is 1170. The lowest BCUT2D eigenvalue weighted by Crippen LogP contribution is -2.11. The Hall–Kier alpha value is -2.41. The van der Waals surface area contributed by atoms with Crippen molar-refractivity contribution in [1.82, 2.24) is 9.38 Å². The van der Waals surface area contributed by atoms with Crippen LogP contribution in [0.5, 0.6) is 0 Å². The maximum atomic E-state index is 13.1. The smallest absolute Gasteiger partial charge is 0.267 e. The van der Waals surface area contributed by atoms with E-state index in [-0.39, 0.29) is 11.7 Å². The molecule has 8 heteroatoms. The minimum Gasteiger partial charge on any atom is -0.321 e. The molecule has 136 valence electrons. The van der Waals surface area contributed by atoms with E-state index in [2.05, 4.69) is 10.3 Å². The zero-order chi connectivity index (χ0) is 19.1. The molecule has 1 N–H and O–H groups in total. The first-order chi connectivity index (χ1) is 12.9. The molecule has 0 spiro atoms. The summed E-state index contributed by atoms with van der Waals surface area (Å²) in [5.41, 5.74) is 2.87. The zero-order valence-electron chi connectivity index (χ0n) is 14.0. The number of rotatable bonds is 3. The number of nitrogens with zero attached hydrogens (tertiary/aromatic N) is 2. The highest BCUT2D eigenvalue weighted by atomic mass is 35.5. The van der Waals surface area contributed by atoms with E-state index in [9.17, 15) is 9.18 Å². The standard InChI is InChI=1S/C19H12Cl2FN3OS/c1-10-17(18(26)23-13-6-7-14(20)15(21)8-13)27-19-24-16(9-25(10)19)11-2-4-12(22)5-3-11/h2-9H,1H3,(H,23,26). The third-order valence-corrected chi connectivity index (χ3v) is 5.98. The van der Waals surface area contributed by atoms with Crippen molar-refractivity contribution in [3.63, 3.8) is 0 Å². The van der Waals surface area contributed by atoms with Crippen molar-refractivity contribution in [1.29, 1.82) is 0 Å². The molecule has 0 unspecified atom stereocenters. The Labute approximate surface area is 168 Å². The Balaban J connectivity index is 1.63. The van der Waals surface area contributed by atoms with Crippen molar-refractivity contribution in [2.75, 3.05) is 5.32 Å². The van der Waals surface area contributed by atoms with Crippen LogP contribution in [0.15, 0.2) is 48.7 Å². The number of carbonyl (C=O) groups is 1. The number of thiazole rings is 1. The number of nitrogens with one attached hydrogen (secondary N) is 1. The second kappa shape index (κ2) is 6.96. The fraction of sp³-hybridized carbons (Fsp3) is 0.0526. The van der Waals surface area contributed by atoms with Crippen molar-refractivity contribution in [3.8, 4) is 11.3 Å². The van der Waals surface area contributed by atoms with Gasteiger partial charge in [0.2, 0.25) is 0 Å². The summed E-state index contributed by atoms with van der Waals surface area (Å²) in [6.45, 7) is 1.85. The van der Waals surface area contributed by atoms with E-state index in [4.69, 9.17) is 23.2 Å². The van der Waals surface area contributed by atoms with Crippen LogP contribution in [0.1, 0.15) is 15.4 Å². The van der Waals surface area contributed by atoms with Gasteiger partial charge in [-0.15, -0.1) is 0 Å². The van der Waals surface area contributed by atoms with E-state index < -0.39 is 0 Å². The second-order valence-corrected chi connectivity index (χ2v) is 7.68. The van der Waals surface area contributed by atoms with E-state index >= 15 is 0 Å². The normalized spacial score (nSPS) is 11.1. The Kier molecular flexibility index (Phi) is 4.63. The number of halogens is 3. The number of hydrogen-bond donors (Lipinski definition) is 1. The quantitative estimate of drug-likeness (QED) is 0.437. The number of imidazole rings is 1. The number of anilines is 1. The fourth-order valence-corrected chi connectivity index (χ4v) is 3.98. The average Bonchev–Trinajstić information content (AvgIpc) is 3.18. The highest BCUT2D eigenvalue weighted by Gasteiger charge is 2.18. The Morgan fingerprint density at radius 3 is 2.56 bits per heavy atom. The summed E-state index contributed by atoms with van der Waals surface area (Å²) in [4.78, 5) is 18.4. The van der Waals surface area contributed by atoms with Crippen molar-refractivity contribution in [2.24, 2.45) is 0 Å². The molecule has 0 bridgehead atoms. The minimum atomic E-state index is -0.294. The van der Waals surface area contributed by atoms with Crippen LogP contribution in [0.25, 0.3) is 16.2 Å². The van der Waals surface area contributed by atoms with Crippen LogP contribution in [-0.4, -0.2) is 15.3 Å². The van der Waals surface area contributed by atoms with E-state index in [1.54, 1.807) is 30.3 Å². The highest BCUT2D eigenvalue weighted by molar-refractivity contribution is 7.19. The molecule has 27 heavy (non-hydrogen) atoms. The Morgan fingerprint density at radius 2 is 1.89 bits per heavy atom. The van der Waals surface area contributed by atoms with Crippen LogP contribution < -0.4 is 5.32 Å². The molecule has 0 aliphatic carbocycles. The largest absolute Gasteiger partial charge is 0.321 e. The number of carbonyl (C=O) groups excluding carboxylic acids is 1. The topological polar surface area (TPSA) is 46.4 Å². The predicted octanol–water partition coefficient (Wildman–Crippen LogP) is 6.07. The summed E-state index contributed by atoms with van der Waals surface area (Å²) in [5.74, 6) is -0.540. The van der Waals surface area contributed by atoms with Gasteiger partial charge in [0.15, 0.2) is 4.96 Å². The van der Waals surface area contributed by atoms with Gasteiger partial charge in [0.05, 0.1) is 15.7 Å². The van der Waals surface area contributed by atoms with Crippen LogP contribution >= 0.6 is 34.5 Å². The maximum Gasteiger partial charge on any atom is 0.267 e. The number of aromatic nitrogens is 2. The SMILES string of the molecule is Cc1c(C(=O)Nc2ccc(Cl)c(Cl)c2)sc2nc(-c3ccc(F)cc3)cn12. The van der Waals surface area contributed by atoms with Gasteiger partial charge in [-0.1, -0.05) is 34.5 Å². The first kappa shape index (κ1) is 18.0. The first-order valence-corrected chi connectivity index (χ1v) is 9.50. The number of fused-ring (bicyclic) bond motifs is 1. The zero-order valence-corrected chi connectivity index (χ0v) is 16.3. The lowest BCUT2D eigenvalue weighted by atomic mass is 10.2. The molecule has 0 fully saturated rings. The first-order valence-electron chi connectivity index (χ1n) is 7.93. The third-order valence-electron chi connectivity index (χ3n) is 4.08. The monoisotopic (exact) mass is 419 g/mol. The highest BCUT2D eigenvalue weighted by Crippen LogP contribution is 2.29. The molecule has 0 radical (unpaired) electrons. The molecule has 2 aromatic heterocycles. The lowest BCUT2D eigenvalue weighted by molar-refractivity contribution is 0.102. The van der Waals surface area contributed by atoms with E-state index in [0.717, 1.165) is 17.0 Å². The molecule has 2 heterocycles. The van der Waals surface area contributed by atoms with Gasteiger partial charge in [0.1, 0.15) is 10.7 Å². The summed E-state index contributed by atoms with van der Waals surface area (Å²) in [6.07, 6.45) is 1.84. The molecule has 0 aliphatic rings. The van der Waals surface area contributed by atoms with Gasteiger partial charge < -0.3 is 5.32 Å². The molecule has 0 saturated carbocycles. The number of hydrogen-bond acceptors (Lipinski definition) is 3. The van der Waals surface area contributed by atoms with Gasteiger partial charge in [-0.3, -0.25) is 9.20 Å². The van der Waals surface area contributed by atoms with E-state index in [1.807, 2.05) is 17.5 Å². The van der Waals surface area contributed by atoms with Crippen molar-refractivity contribution in [3.05, 3.63) is 75.1 Å². The van der Waals surface area contributed by atoms with Crippen LogP contribution in [0, 0.1) is 12.7 Å². The summed E-state index contributed by atoms with van der Waals surface area (Å²) in [7, 11) is 0. The third kappa shape index (κ3) is 3.43. The van der Waals surface area contributed by atoms with Crippen molar-refractivity contribution in [2.45, 2.75) is 6.92 Å². The molecular weight excluding hydrogens is 408 g/mol. The van der Waals surface area contributed by atoms with Crippen molar-refractivity contribution < 1.29 is 9.18 Å². The van der Waals surface area contributed by atoms with Crippen molar-refractivity contribution >= 4 is 51.1 Å². The molecular formula is C19H12Cl2FN3OS. The predicted molar refractivity (Wildman–Crippen MR) is 108 cm³/mol. The molecule has 2 aromatic carbocycles. The van der Waals surface area contributed by atoms with Gasteiger partial charge in [-0.2, -0.15) is 0 Å². The van der Waals surface area contributed by atoms with Gasteiger partial charge in [-0.05, 0) is 49.4 Å². The molecule has 0 aliphatic heterocycles. The number of aryl methyl sites for hydroxylation is 1. The molecule has 0 saturated heterocycles. The fourth-order valence-electron chi connectivity index (χ4n) is 2.68. The van der Waals surface area contributed by atoms with E-state index in [1.165, 1.54) is 23.5 Å². The number of amides is 1. The average molecular weight is 420 g/mol. The van der Waals surface area contributed by atoms with Gasteiger partial charge >= 0.3 is 0 Å². The second-order valence-electron chi connectivity index (χ2n) is 5.89. The van der Waals surface area contributed by atoms with Crippen LogP contribution in [0.2, 0.25) is 10.0 Å². The lowest BCUT2D eigenvalue weighted by Gasteiger charge is -2.05. The Morgan fingerprint density at radius 1 is 1.15 bits per heavy atom. The summed E-state index contributed by atoms with van der Waals surface area (Å²) >= 11 is 13.2. The maximum absolute atomic E-state index is 13.1. The van der Waals surface area contributed by atoms with Gasteiger partial charge in [0.25, 0.3) is 5.91 Å². The van der Waals surface area contributed by atoms with E-state index in [0.29, 0.717) is 25.6 Å². The van der Waals surface area contributed by atoms with Crippen LogP contribution in [-0.2, 0) is 0 Å². The molecule has 4 aromatic rings. The van der Waals surface area contributed by atoms with Crippen LogP contribution in [0.4, 0.5) is 10.1 Å². The summed E-state index contributed by atoms with van der Waals surface area (Å²) < 4.78 is 14.9. The molecule has 0 atom stereocenters. The molecule has 1 amide bonds. The van der Waals surface area contributed by atoms with Gasteiger partial charge in [-0.25, -0.2) is 9.37 Å². The van der Waals surface area contributed by atoms with Gasteiger partial charge in [0, 0.05) is 23.1 Å². The molecule has 4 rings (SSSR count). The molecule has 4 nitrogen and oxygen atoms in total. The van der Waals surface area contributed by atoms with Crippen LogP contribution in [0.3, 0.4) is 0 Å².